The molecule has 0 aromatic heterocycles. The first kappa shape index (κ1) is 21.3. The van der Waals surface area contributed by atoms with E-state index in [0.717, 1.165) is 41.6 Å². The standard InChI is InChI=1S/C28H37NO/c1-22-24(15-10-17-27(22)28(30)25-13-6-3-7-14-25)18-20-29-19-9-8-16-26(29)21-23-11-4-2-5-12-23/h3,6-7,10,13-15,17,23,26H,2,4-5,8-9,11-12,16,18-21H2,1H3. The van der Waals surface area contributed by atoms with Crippen molar-refractivity contribution in [2.24, 2.45) is 5.92 Å². The first-order valence-corrected chi connectivity index (χ1v) is 12.1. The second-order valence-electron chi connectivity index (χ2n) is 9.46. The summed E-state index contributed by atoms with van der Waals surface area (Å²) in [5.41, 5.74) is 4.13. The van der Waals surface area contributed by atoms with Gasteiger partial charge in [-0.15, -0.1) is 0 Å². The highest BCUT2D eigenvalue weighted by Crippen LogP contribution is 2.32. The zero-order chi connectivity index (χ0) is 20.8. The Balaban J connectivity index is 1.41. The van der Waals surface area contributed by atoms with Crippen LogP contribution in [0.1, 0.15) is 84.8 Å². The molecule has 0 radical (unpaired) electrons. The van der Waals surface area contributed by atoms with Gasteiger partial charge in [-0.2, -0.15) is 0 Å². The van der Waals surface area contributed by atoms with Crippen LogP contribution in [-0.4, -0.2) is 29.8 Å². The van der Waals surface area contributed by atoms with Gasteiger partial charge in [-0.3, -0.25) is 4.79 Å². The third-order valence-electron chi connectivity index (χ3n) is 7.47. The summed E-state index contributed by atoms with van der Waals surface area (Å²) in [7, 11) is 0. The highest BCUT2D eigenvalue weighted by atomic mass is 16.1. The molecule has 1 saturated heterocycles. The molecule has 0 N–H and O–H groups in total. The monoisotopic (exact) mass is 403 g/mol. The molecule has 4 rings (SSSR count). The minimum absolute atomic E-state index is 0.142. The van der Waals surface area contributed by atoms with Gasteiger partial charge in [-0.1, -0.05) is 87.1 Å². The van der Waals surface area contributed by atoms with Crippen molar-refractivity contribution in [2.75, 3.05) is 13.1 Å². The molecule has 0 amide bonds. The average Bonchev–Trinajstić information content (AvgIpc) is 2.80. The Labute approximate surface area is 182 Å². The maximum Gasteiger partial charge on any atom is 0.193 e. The lowest BCUT2D eigenvalue weighted by molar-refractivity contribution is 0.103. The van der Waals surface area contributed by atoms with Crippen molar-refractivity contribution in [2.45, 2.75) is 77.2 Å². The molecule has 1 atom stereocenters. The first-order valence-electron chi connectivity index (χ1n) is 12.1. The Morgan fingerprint density at radius 3 is 2.47 bits per heavy atom. The fourth-order valence-electron chi connectivity index (χ4n) is 5.64. The summed E-state index contributed by atoms with van der Waals surface area (Å²) in [5, 5.41) is 0. The molecule has 0 bridgehead atoms. The summed E-state index contributed by atoms with van der Waals surface area (Å²) < 4.78 is 0. The highest BCUT2D eigenvalue weighted by molar-refractivity contribution is 6.10. The van der Waals surface area contributed by atoms with Crippen LogP contribution in [0.5, 0.6) is 0 Å². The third kappa shape index (κ3) is 5.21. The minimum Gasteiger partial charge on any atom is -0.300 e. The van der Waals surface area contributed by atoms with E-state index >= 15 is 0 Å². The number of benzene rings is 2. The summed E-state index contributed by atoms with van der Waals surface area (Å²) in [6.45, 7) is 4.50. The van der Waals surface area contributed by atoms with Gasteiger partial charge < -0.3 is 4.90 Å². The molecule has 160 valence electrons. The lowest BCUT2D eigenvalue weighted by Gasteiger charge is -2.38. The molecule has 1 saturated carbocycles. The minimum atomic E-state index is 0.142. The van der Waals surface area contributed by atoms with E-state index in [1.807, 2.05) is 36.4 Å². The van der Waals surface area contributed by atoms with Gasteiger partial charge in [0.2, 0.25) is 0 Å². The Bertz CT molecular complexity index is 822. The van der Waals surface area contributed by atoms with Gasteiger partial charge in [0.1, 0.15) is 0 Å². The molecule has 2 aromatic carbocycles. The summed E-state index contributed by atoms with van der Waals surface area (Å²) in [6, 6.07) is 16.7. The van der Waals surface area contributed by atoms with Crippen LogP contribution >= 0.6 is 0 Å². The van der Waals surface area contributed by atoms with Gasteiger partial charge in [0.05, 0.1) is 0 Å². The number of carbonyl (C=O) groups excluding carboxylic acids is 1. The number of hydrogen-bond donors (Lipinski definition) is 0. The Hall–Kier alpha value is -1.93. The van der Waals surface area contributed by atoms with Crippen LogP contribution in [0.15, 0.2) is 48.5 Å². The molecular weight excluding hydrogens is 366 g/mol. The van der Waals surface area contributed by atoms with Gasteiger partial charge in [0, 0.05) is 23.7 Å². The number of rotatable bonds is 7. The number of likely N-dealkylation sites (tertiary alicyclic amines) is 1. The normalized spacial score (nSPS) is 20.9. The zero-order valence-corrected chi connectivity index (χ0v) is 18.6. The lowest BCUT2D eigenvalue weighted by atomic mass is 9.82. The lowest BCUT2D eigenvalue weighted by Crippen LogP contribution is -2.42. The molecule has 1 aliphatic heterocycles. The highest BCUT2D eigenvalue weighted by Gasteiger charge is 2.26. The van der Waals surface area contributed by atoms with Crippen molar-refractivity contribution in [1.82, 2.24) is 4.90 Å². The molecule has 2 aliphatic rings. The van der Waals surface area contributed by atoms with Crippen molar-refractivity contribution in [3.05, 3.63) is 70.8 Å². The maximum absolute atomic E-state index is 13.0. The maximum atomic E-state index is 13.0. The second-order valence-corrected chi connectivity index (χ2v) is 9.46. The predicted octanol–water partition coefficient (Wildman–Crippen LogP) is 6.59. The topological polar surface area (TPSA) is 20.3 Å². The fourth-order valence-corrected chi connectivity index (χ4v) is 5.64. The van der Waals surface area contributed by atoms with Gasteiger partial charge in [-0.05, 0) is 56.2 Å². The van der Waals surface area contributed by atoms with E-state index in [4.69, 9.17) is 0 Å². The molecule has 2 heteroatoms. The second kappa shape index (κ2) is 10.4. The number of hydrogen-bond acceptors (Lipinski definition) is 2. The molecule has 2 nitrogen and oxygen atoms in total. The van der Waals surface area contributed by atoms with Crippen molar-refractivity contribution < 1.29 is 4.79 Å². The molecular formula is C28H37NO. The Kier molecular flexibility index (Phi) is 7.38. The molecule has 1 unspecified atom stereocenters. The SMILES string of the molecule is Cc1c(CCN2CCCCC2CC2CCCCC2)cccc1C(=O)c1ccccc1. The van der Waals surface area contributed by atoms with Gasteiger partial charge in [0.15, 0.2) is 5.78 Å². The van der Waals surface area contributed by atoms with E-state index in [1.165, 1.54) is 69.9 Å². The summed E-state index contributed by atoms with van der Waals surface area (Å²) in [6.07, 6.45) is 13.8. The van der Waals surface area contributed by atoms with Crippen LogP contribution in [-0.2, 0) is 6.42 Å². The molecule has 30 heavy (non-hydrogen) atoms. The van der Waals surface area contributed by atoms with Crippen LogP contribution in [0.25, 0.3) is 0 Å². The Morgan fingerprint density at radius 1 is 0.900 bits per heavy atom. The van der Waals surface area contributed by atoms with Crippen molar-refractivity contribution in [1.29, 1.82) is 0 Å². The van der Waals surface area contributed by atoms with Crippen LogP contribution < -0.4 is 0 Å². The van der Waals surface area contributed by atoms with Crippen molar-refractivity contribution >= 4 is 5.78 Å². The van der Waals surface area contributed by atoms with E-state index in [1.54, 1.807) is 0 Å². The molecule has 2 fully saturated rings. The van der Waals surface area contributed by atoms with E-state index in [0.29, 0.717) is 0 Å². The van der Waals surface area contributed by atoms with E-state index in [9.17, 15) is 4.79 Å². The summed E-state index contributed by atoms with van der Waals surface area (Å²) in [4.78, 5) is 15.8. The quantitative estimate of drug-likeness (QED) is 0.486. The molecule has 1 aliphatic carbocycles. The smallest absolute Gasteiger partial charge is 0.193 e. The van der Waals surface area contributed by atoms with Crippen LogP contribution in [0.2, 0.25) is 0 Å². The largest absolute Gasteiger partial charge is 0.300 e. The number of piperidine rings is 1. The Morgan fingerprint density at radius 2 is 1.67 bits per heavy atom. The van der Waals surface area contributed by atoms with Gasteiger partial charge >= 0.3 is 0 Å². The molecule has 2 aromatic rings. The third-order valence-corrected chi connectivity index (χ3v) is 7.47. The van der Waals surface area contributed by atoms with E-state index in [-0.39, 0.29) is 5.78 Å². The van der Waals surface area contributed by atoms with Crippen LogP contribution in [0, 0.1) is 12.8 Å². The first-order chi connectivity index (χ1) is 14.7. The molecule has 1 heterocycles. The summed E-state index contributed by atoms with van der Waals surface area (Å²) >= 11 is 0. The predicted molar refractivity (Wildman–Crippen MR) is 125 cm³/mol. The number of nitrogens with zero attached hydrogens (tertiary/aromatic N) is 1. The number of carbonyl (C=O) groups is 1. The summed E-state index contributed by atoms with van der Waals surface area (Å²) in [5.74, 6) is 1.10. The van der Waals surface area contributed by atoms with Crippen LogP contribution in [0.4, 0.5) is 0 Å². The van der Waals surface area contributed by atoms with Gasteiger partial charge in [0.25, 0.3) is 0 Å². The molecule has 0 spiro atoms. The van der Waals surface area contributed by atoms with Gasteiger partial charge in [-0.25, -0.2) is 0 Å². The van der Waals surface area contributed by atoms with Crippen molar-refractivity contribution in [3.63, 3.8) is 0 Å². The fraction of sp³-hybridized carbons (Fsp3) is 0.536. The number of ketones is 1. The van der Waals surface area contributed by atoms with E-state index in [2.05, 4.69) is 24.0 Å². The van der Waals surface area contributed by atoms with Crippen molar-refractivity contribution in [3.8, 4) is 0 Å². The van der Waals surface area contributed by atoms with Crippen LogP contribution in [0.3, 0.4) is 0 Å². The van der Waals surface area contributed by atoms with E-state index < -0.39 is 0 Å². The average molecular weight is 404 g/mol. The zero-order valence-electron chi connectivity index (χ0n) is 18.6.